The Balaban J connectivity index is 2.47. The number of carbonyl (C=O) groups excluding carboxylic acids is 1. The van der Waals surface area contributed by atoms with Gasteiger partial charge in [0.05, 0.1) is 12.5 Å². The normalized spacial score (nSPS) is 19.9. The van der Waals surface area contributed by atoms with Crippen LogP contribution in [0.1, 0.15) is 6.42 Å². The Morgan fingerprint density at radius 3 is 2.71 bits per heavy atom. The summed E-state index contributed by atoms with van der Waals surface area (Å²) in [6.07, 6.45) is 0.368. The topological polar surface area (TPSA) is 29.5 Å². The number of ether oxygens (including phenoxy) is 1. The van der Waals surface area contributed by atoms with Crippen molar-refractivity contribution >= 4 is 55.1 Å². The summed E-state index contributed by atoms with van der Waals surface area (Å²) in [7, 11) is 1.58. The molecule has 2 rings (SSSR count). The summed E-state index contributed by atoms with van der Waals surface area (Å²) < 4.78 is 7.00. The Morgan fingerprint density at radius 1 is 1.47 bits per heavy atom. The smallest absolute Gasteiger partial charge is 0.228 e. The van der Waals surface area contributed by atoms with E-state index in [0.29, 0.717) is 18.7 Å². The molecule has 17 heavy (non-hydrogen) atoms. The molecule has 1 aliphatic rings. The molecule has 0 bridgehead atoms. The highest BCUT2D eigenvalue weighted by Gasteiger charge is 2.32. The molecular formula is C11H10Br2ClNO2. The largest absolute Gasteiger partial charge is 0.494 e. The number of nitrogens with zero attached hydrogens (tertiary/aromatic N) is 1. The quantitative estimate of drug-likeness (QED) is 0.731. The molecule has 1 atom stereocenters. The maximum absolute atomic E-state index is 11.8. The lowest BCUT2D eigenvalue weighted by atomic mass is 10.2. The zero-order valence-corrected chi connectivity index (χ0v) is 13.0. The van der Waals surface area contributed by atoms with E-state index in [0.717, 1.165) is 14.6 Å². The third kappa shape index (κ3) is 2.61. The highest BCUT2D eigenvalue weighted by molar-refractivity contribution is 9.11. The second-order valence-electron chi connectivity index (χ2n) is 3.74. The van der Waals surface area contributed by atoms with Crippen LogP contribution in [0.25, 0.3) is 0 Å². The van der Waals surface area contributed by atoms with Crippen molar-refractivity contribution < 1.29 is 9.53 Å². The molecule has 1 fully saturated rings. The Hall–Kier alpha value is -0.260. The van der Waals surface area contributed by atoms with E-state index in [9.17, 15) is 4.79 Å². The number of alkyl halides is 1. The Labute approximate surface area is 121 Å². The molecular weight excluding hydrogens is 373 g/mol. The monoisotopic (exact) mass is 381 g/mol. The van der Waals surface area contributed by atoms with Gasteiger partial charge in [-0.3, -0.25) is 4.79 Å². The van der Waals surface area contributed by atoms with Crippen molar-refractivity contribution in [3.63, 3.8) is 0 Å². The molecule has 0 N–H and O–H groups in total. The van der Waals surface area contributed by atoms with E-state index in [-0.39, 0.29) is 11.3 Å². The lowest BCUT2D eigenvalue weighted by molar-refractivity contribution is -0.117. The predicted octanol–water partition coefficient (Wildman–Crippen LogP) is 3.56. The fourth-order valence-electron chi connectivity index (χ4n) is 1.84. The first kappa shape index (κ1) is 13.2. The third-order valence-corrected chi connectivity index (χ3v) is 3.92. The fraction of sp³-hybridized carbons (Fsp3) is 0.364. The fourth-order valence-corrected chi connectivity index (χ4v) is 3.51. The Kier molecular flexibility index (Phi) is 4.00. The highest BCUT2D eigenvalue weighted by atomic mass is 79.9. The van der Waals surface area contributed by atoms with Crippen molar-refractivity contribution in [2.24, 2.45) is 0 Å². The number of halogens is 3. The molecule has 1 saturated heterocycles. The molecule has 1 amide bonds. The number of carbonyl (C=O) groups is 1. The number of hydrogen-bond acceptors (Lipinski definition) is 2. The Bertz CT molecular complexity index is 467. The van der Waals surface area contributed by atoms with E-state index in [1.807, 2.05) is 12.1 Å². The first-order valence-electron chi connectivity index (χ1n) is 5.00. The first-order chi connectivity index (χ1) is 8.02. The van der Waals surface area contributed by atoms with Crippen LogP contribution in [0.2, 0.25) is 0 Å². The molecule has 0 aromatic heterocycles. The number of benzene rings is 1. The SMILES string of the molecule is COc1cc(Br)cc(Br)c1N1CC(Cl)CC1=O. The number of methoxy groups -OCH3 is 1. The summed E-state index contributed by atoms with van der Waals surface area (Å²) in [6.45, 7) is 0.511. The van der Waals surface area contributed by atoms with Gasteiger partial charge in [0.25, 0.3) is 0 Å². The van der Waals surface area contributed by atoms with Gasteiger partial charge in [-0.1, -0.05) is 15.9 Å². The van der Waals surface area contributed by atoms with E-state index in [4.69, 9.17) is 16.3 Å². The van der Waals surface area contributed by atoms with Crippen molar-refractivity contribution in [1.29, 1.82) is 0 Å². The van der Waals surface area contributed by atoms with Gasteiger partial charge in [-0.25, -0.2) is 0 Å². The van der Waals surface area contributed by atoms with Crippen molar-refractivity contribution in [2.75, 3.05) is 18.6 Å². The van der Waals surface area contributed by atoms with Crippen molar-refractivity contribution in [2.45, 2.75) is 11.8 Å². The second-order valence-corrected chi connectivity index (χ2v) is 6.13. The molecule has 1 aromatic rings. The average Bonchev–Trinajstić information content (AvgIpc) is 2.56. The van der Waals surface area contributed by atoms with Gasteiger partial charge >= 0.3 is 0 Å². The zero-order valence-electron chi connectivity index (χ0n) is 9.04. The minimum atomic E-state index is -0.136. The molecule has 0 spiro atoms. The van der Waals surface area contributed by atoms with E-state index in [1.165, 1.54) is 0 Å². The summed E-state index contributed by atoms with van der Waals surface area (Å²) in [6, 6.07) is 3.71. The van der Waals surface area contributed by atoms with E-state index in [2.05, 4.69) is 31.9 Å². The second kappa shape index (κ2) is 5.16. The number of amides is 1. The van der Waals surface area contributed by atoms with Gasteiger partial charge in [-0.05, 0) is 28.1 Å². The van der Waals surface area contributed by atoms with Gasteiger partial charge in [-0.15, -0.1) is 11.6 Å². The van der Waals surface area contributed by atoms with Gasteiger partial charge in [0.1, 0.15) is 11.4 Å². The van der Waals surface area contributed by atoms with Gasteiger partial charge in [0.15, 0.2) is 0 Å². The molecule has 1 aromatic carbocycles. The van der Waals surface area contributed by atoms with Crippen LogP contribution in [-0.4, -0.2) is 24.9 Å². The van der Waals surface area contributed by atoms with Crippen LogP contribution in [0.4, 0.5) is 5.69 Å². The van der Waals surface area contributed by atoms with Crippen LogP contribution in [0, 0.1) is 0 Å². The minimum absolute atomic E-state index is 0.0197. The van der Waals surface area contributed by atoms with Crippen LogP contribution in [0.3, 0.4) is 0 Å². The van der Waals surface area contributed by atoms with E-state index in [1.54, 1.807) is 12.0 Å². The van der Waals surface area contributed by atoms with Gasteiger partial charge in [0, 0.05) is 21.9 Å². The standard InChI is InChI=1S/C11H10Br2ClNO2/c1-17-9-3-6(12)2-8(13)11(9)15-5-7(14)4-10(15)16/h2-3,7H,4-5H2,1H3. The molecule has 6 heteroatoms. The van der Waals surface area contributed by atoms with Crippen LogP contribution in [-0.2, 0) is 4.79 Å². The van der Waals surface area contributed by atoms with E-state index >= 15 is 0 Å². The lowest BCUT2D eigenvalue weighted by Gasteiger charge is -2.21. The van der Waals surface area contributed by atoms with Crippen LogP contribution >= 0.6 is 43.5 Å². The molecule has 1 aliphatic heterocycles. The summed E-state index contributed by atoms with van der Waals surface area (Å²) in [4.78, 5) is 13.5. The first-order valence-corrected chi connectivity index (χ1v) is 7.02. The van der Waals surface area contributed by atoms with Crippen molar-refractivity contribution in [3.05, 3.63) is 21.1 Å². The number of anilines is 1. The summed E-state index contributed by atoms with van der Waals surface area (Å²) in [5, 5.41) is -0.136. The van der Waals surface area contributed by atoms with E-state index < -0.39 is 0 Å². The highest BCUT2D eigenvalue weighted by Crippen LogP contribution is 2.41. The Morgan fingerprint density at radius 2 is 2.18 bits per heavy atom. The molecule has 0 radical (unpaired) electrons. The van der Waals surface area contributed by atoms with Gasteiger partial charge < -0.3 is 9.64 Å². The zero-order chi connectivity index (χ0) is 12.6. The number of rotatable bonds is 2. The van der Waals surface area contributed by atoms with Gasteiger partial charge in [0.2, 0.25) is 5.91 Å². The predicted molar refractivity (Wildman–Crippen MR) is 75.0 cm³/mol. The summed E-state index contributed by atoms with van der Waals surface area (Å²) >= 11 is 12.8. The third-order valence-electron chi connectivity index (χ3n) is 2.56. The summed E-state index contributed by atoms with van der Waals surface area (Å²) in [5.74, 6) is 0.664. The molecule has 1 heterocycles. The molecule has 0 aliphatic carbocycles. The maximum Gasteiger partial charge on any atom is 0.228 e. The van der Waals surface area contributed by atoms with Crippen LogP contribution in [0.15, 0.2) is 21.1 Å². The lowest BCUT2D eigenvalue weighted by Crippen LogP contribution is -2.25. The maximum atomic E-state index is 11.8. The van der Waals surface area contributed by atoms with Crippen molar-refractivity contribution in [1.82, 2.24) is 0 Å². The van der Waals surface area contributed by atoms with Crippen LogP contribution in [0.5, 0.6) is 5.75 Å². The van der Waals surface area contributed by atoms with Crippen molar-refractivity contribution in [3.8, 4) is 5.75 Å². The molecule has 0 saturated carbocycles. The minimum Gasteiger partial charge on any atom is -0.494 e. The van der Waals surface area contributed by atoms with Crippen LogP contribution < -0.4 is 9.64 Å². The molecule has 92 valence electrons. The van der Waals surface area contributed by atoms with Gasteiger partial charge in [-0.2, -0.15) is 0 Å². The molecule has 1 unspecified atom stereocenters. The molecule has 3 nitrogen and oxygen atoms in total. The average molecular weight is 383 g/mol. The number of hydrogen-bond donors (Lipinski definition) is 0. The summed E-state index contributed by atoms with van der Waals surface area (Å²) in [5.41, 5.74) is 0.740.